The van der Waals surface area contributed by atoms with Crippen molar-refractivity contribution in [3.8, 4) is 0 Å². The lowest BCUT2D eigenvalue weighted by Gasteiger charge is -2.39. The highest BCUT2D eigenvalue weighted by molar-refractivity contribution is 5.44. The summed E-state index contributed by atoms with van der Waals surface area (Å²) < 4.78 is 1.39. The molecule has 0 spiro atoms. The molecule has 0 saturated heterocycles. The summed E-state index contributed by atoms with van der Waals surface area (Å²) in [5.41, 5.74) is 0.340. The molecule has 1 aliphatic carbocycles. The van der Waals surface area contributed by atoms with Gasteiger partial charge in [0.15, 0.2) is 5.65 Å². The topological polar surface area (TPSA) is 88.2 Å². The van der Waals surface area contributed by atoms with Gasteiger partial charge in [0.25, 0.3) is 0 Å². The van der Waals surface area contributed by atoms with Crippen LogP contribution in [0.1, 0.15) is 32.6 Å². The highest BCUT2D eigenvalue weighted by atomic mass is 16.3. The molecule has 7 heteroatoms. The van der Waals surface area contributed by atoms with Crippen LogP contribution in [0.25, 0.3) is 5.65 Å². The van der Waals surface area contributed by atoms with Gasteiger partial charge in [-0.15, -0.1) is 14.8 Å². The molecule has 19 heavy (non-hydrogen) atoms. The van der Waals surface area contributed by atoms with E-state index in [0.29, 0.717) is 17.4 Å². The predicted molar refractivity (Wildman–Crippen MR) is 69.6 cm³/mol. The molecule has 102 valence electrons. The molecule has 0 amide bonds. The van der Waals surface area contributed by atoms with Gasteiger partial charge in [-0.25, -0.2) is 0 Å². The smallest absolute Gasteiger partial charge is 0.200 e. The van der Waals surface area contributed by atoms with Crippen molar-refractivity contribution in [2.45, 2.75) is 38.1 Å². The lowest BCUT2D eigenvalue weighted by atomic mass is 9.77. The zero-order valence-electron chi connectivity index (χ0n) is 11.0. The van der Waals surface area contributed by atoms with Crippen LogP contribution in [0.3, 0.4) is 0 Å². The van der Waals surface area contributed by atoms with Gasteiger partial charge in [-0.1, -0.05) is 19.8 Å². The van der Waals surface area contributed by atoms with Gasteiger partial charge in [0, 0.05) is 0 Å². The monoisotopic (exact) mass is 262 g/mol. The number of nitrogens with one attached hydrogen (secondary N) is 1. The van der Waals surface area contributed by atoms with Crippen LogP contribution in [-0.2, 0) is 0 Å². The molecule has 2 aromatic heterocycles. The normalized spacial score (nSPS) is 27.6. The van der Waals surface area contributed by atoms with Crippen LogP contribution >= 0.6 is 0 Å². The average Bonchev–Trinajstić information content (AvgIpc) is 2.86. The van der Waals surface area contributed by atoms with E-state index in [4.69, 9.17) is 0 Å². The van der Waals surface area contributed by atoms with Crippen LogP contribution in [0.15, 0.2) is 12.1 Å². The quantitative estimate of drug-likeness (QED) is 0.853. The third-order valence-electron chi connectivity index (χ3n) is 3.86. The summed E-state index contributed by atoms with van der Waals surface area (Å²) in [6.45, 7) is 2.34. The molecular formula is C12H18N6O. The SMILES string of the molecule is CC1CCCC(CO)(Nc2ccc3nnnn3n2)C1. The minimum atomic E-state index is -0.271. The van der Waals surface area contributed by atoms with E-state index < -0.39 is 0 Å². The molecule has 2 aromatic rings. The van der Waals surface area contributed by atoms with Crippen molar-refractivity contribution in [1.29, 1.82) is 0 Å². The number of fused-ring (bicyclic) bond motifs is 1. The van der Waals surface area contributed by atoms with Crippen molar-refractivity contribution in [1.82, 2.24) is 25.3 Å². The minimum Gasteiger partial charge on any atom is -0.394 e. The van der Waals surface area contributed by atoms with Gasteiger partial charge in [-0.3, -0.25) is 0 Å². The zero-order chi connectivity index (χ0) is 13.3. The van der Waals surface area contributed by atoms with Gasteiger partial charge >= 0.3 is 0 Å². The minimum absolute atomic E-state index is 0.118. The third-order valence-corrected chi connectivity index (χ3v) is 3.86. The number of aliphatic hydroxyl groups excluding tert-OH is 1. The second-order valence-corrected chi connectivity index (χ2v) is 5.51. The predicted octanol–water partition coefficient (Wildman–Crippen LogP) is 0.872. The number of tetrazole rings is 1. The van der Waals surface area contributed by atoms with Gasteiger partial charge in [0.05, 0.1) is 12.1 Å². The number of hydrogen-bond donors (Lipinski definition) is 2. The summed E-state index contributed by atoms with van der Waals surface area (Å²) in [5.74, 6) is 1.31. The number of aliphatic hydroxyl groups is 1. The summed E-state index contributed by atoms with van der Waals surface area (Å²) in [6, 6.07) is 3.66. The molecule has 2 atom stereocenters. The summed E-state index contributed by atoms with van der Waals surface area (Å²) >= 11 is 0. The van der Waals surface area contributed by atoms with Crippen molar-refractivity contribution in [3.05, 3.63) is 12.1 Å². The van der Waals surface area contributed by atoms with Gasteiger partial charge in [-0.2, -0.15) is 0 Å². The fraction of sp³-hybridized carbons (Fsp3) is 0.667. The van der Waals surface area contributed by atoms with Crippen molar-refractivity contribution in [2.24, 2.45) is 5.92 Å². The van der Waals surface area contributed by atoms with Crippen LogP contribution in [0.5, 0.6) is 0 Å². The summed E-state index contributed by atoms with van der Waals surface area (Å²) in [7, 11) is 0. The molecule has 2 unspecified atom stereocenters. The first-order chi connectivity index (χ1) is 9.21. The van der Waals surface area contributed by atoms with Gasteiger partial charge in [0.1, 0.15) is 5.82 Å². The maximum atomic E-state index is 9.76. The van der Waals surface area contributed by atoms with Gasteiger partial charge in [-0.05, 0) is 41.3 Å². The molecular weight excluding hydrogens is 244 g/mol. The maximum absolute atomic E-state index is 9.76. The molecule has 1 fully saturated rings. The van der Waals surface area contributed by atoms with E-state index in [0.717, 1.165) is 19.3 Å². The largest absolute Gasteiger partial charge is 0.394 e. The number of rotatable bonds is 3. The molecule has 2 heterocycles. The highest BCUT2D eigenvalue weighted by Crippen LogP contribution is 2.34. The van der Waals surface area contributed by atoms with Gasteiger partial charge < -0.3 is 10.4 Å². The van der Waals surface area contributed by atoms with Crippen molar-refractivity contribution >= 4 is 11.5 Å². The fourth-order valence-electron chi connectivity index (χ4n) is 2.94. The Morgan fingerprint density at radius 3 is 3.21 bits per heavy atom. The fourth-order valence-corrected chi connectivity index (χ4v) is 2.94. The Hall–Kier alpha value is -1.76. The number of nitrogens with zero attached hydrogens (tertiary/aromatic N) is 5. The molecule has 0 aromatic carbocycles. The van der Waals surface area contributed by atoms with Crippen molar-refractivity contribution < 1.29 is 5.11 Å². The van der Waals surface area contributed by atoms with E-state index in [1.807, 2.05) is 12.1 Å². The van der Waals surface area contributed by atoms with E-state index in [9.17, 15) is 5.11 Å². The van der Waals surface area contributed by atoms with Crippen LogP contribution in [0, 0.1) is 5.92 Å². The molecule has 2 N–H and O–H groups in total. The number of aromatic nitrogens is 5. The molecule has 0 radical (unpaired) electrons. The van der Waals surface area contributed by atoms with Crippen LogP contribution in [0.2, 0.25) is 0 Å². The zero-order valence-corrected chi connectivity index (χ0v) is 11.0. The Bertz CT molecular complexity index is 570. The highest BCUT2D eigenvalue weighted by Gasteiger charge is 2.34. The second kappa shape index (κ2) is 4.73. The Balaban J connectivity index is 1.85. The number of anilines is 1. The van der Waals surface area contributed by atoms with E-state index in [-0.39, 0.29) is 12.1 Å². The molecule has 1 aliphatic rings. The van der Waals surface area contributed by atoms with Crippen molar-refractivity contribution in [3.63, 3.8) is 0 Å². The van der Waals surface area contributed by atoms with E-state index >= 15 is 0 Å². The molecule has 1 saturated carbocycles. The van der Waals surface area contributed by atoms with Crippen LogP contribution < -0.4 is 5.32 Å². The summed E-state index contributed by atoms with van der Waals surface area (Å²) in [4.78, 5) is 0. The Kier molecular flexibility index (Phi) is 3.06. The summed E-state index contributed by atoms with van der Waals surface area (Å²) in [6.07, 6.45) is 4.27. The van der Waals surface area contributed by atoms with E-state index in [1.165, 1.54) is 11.1 Å². The first-order valence-electron chi connectivity index (χ1n) is 6.65. The second-order valence-electron chi connectivity index (χ2n) is 5.51. The first-order valence-corrected chi connectivity index (χ1v) is 6.65. The Morgan fingerprint density at radius 2 is 2.42 bits per heavy atom. The standard InChI is InChI=1S/C12H18N6O/c1-9-3-2-6-12(7-9,8-19)13-10-4-5-11-14-16-17-18(11)15-10/h4-5,9,19H,2-3,6-8H2,1H3,(H,13,15). The molecule has 0 aliphatic heterocycles. The Morgan fingerprint density at radius 1 is 1.53 bits per heavy atom. The lowest BCUT2D eigenvalue weighted by molar-refractivity contribution is 0.149. The van der Waals surface area contributed by atoms with Gasteiger partial charge in [0.2, 0.25) is 0 Å². The first kappa shape index (κ1) is 12.3. The number of hydrogen-bond acceptors (Lipinski definition) is 6. The molecule has 7 nitrogen and oxygen atoms in total. The van der Waals surface area contributed by atoms with Crippen LogP contribution in [0.4, 0.5) is 5.82 Å². The Labute approximate surface area is 111 Å². The summed E-state index contributed by atoms with van der Waals surface area (Å²) in [5, 5.41) is 28.6. The average molecular weight is 262 g/mol. The maximum Gasteiger partial charge on any atom is 0.200 e. The molecule has 3 rings (SSSR count). The lowest BCUT2D eigenvalue weighted by Crippen LogP contribution is -2.46. The molecule has 0 bridgehead atoms. The van der Waals surface area contributed by atoms with Crippen LogP contribution in [-0.4, -0.2) is 42.5 Å². The third kappa shape index (κ3) is 2.37. The van der Waals surface area contributed by atoms with Crippen molar-refractivity contribution in [2.75, 3.05) is 11.9 Å². The van der Waals surface area contributed by atoms with E-state index in [2.05, 4.69) is 32.9 Å². The van der Waals surface area contributed by atoms with E-state index in [1.54, 1.807) is 0 Å².